The molecule has 172 valence electrons. The van der Waals surface area contributed by atoms with Crippen molar-refractivity contribution in [3.63, 3.8) is 0 Å². The number of pyridine rings is 1. The fourth-order valence-corrected chi connectivity index (χ4v) is 3.45. The number of piperazine rings is 1. The third-order valence-electron chi connectivity index (χ3n) is 5.14. The van der Waals surface area contributed by atoms with Crippen LogP contribution in [-0.2, 0) is 0 Å². The number of halogens is 5. The Morgan fingerprint density at radius 1 is 0.879 bits per heavy atom. The van der Waals surface area contributed by atoms with Gasteiger partial charge in [-0.25, -0.2) is 18.2 Å². The van der Waals surface area contributed by atoms with Crippen LogP contribution in [0.15, 0.2) is 53.8 Å². The second-order valence-corrected chi connectivity index (χ2v) is 7.16. The van der Waals surface area contributed by atoms with Gasteiger partial charge < -0.3 is 19.7 Å². The minimum Gasteiger partial charge on any atom is -0.433 e. The lowest BCUT2D eigenvalue weighted by Gasteiger charge is -2.37. The lowest BCUT2D eigenvalue weighted by atomic mass is 10.2. The quantitative estimate of drug-likeness (QED) is 0.154. The second kappa shape index (κ2) is 9.31. The van der Waals surface area contributed by atoms with Gasteiger partial charge in [0, 0.05) is 55.8 Å². The second-order valence-electron chi connectivity index (χ2n) is 7.16. The molecule has 0 atom stereocenters. The molecule has 4 rings (SSSR count). The zero-order chi connectivity index (χ0) is 23.5. The Bertz CT molecular complexity index is 1140. The molecule has 1 N–H and O–H groups in total. The Morgan fingerprint density at radius 2 is 1.52 bits per heavy atom. The normalized spacial score (nSPS) is 14.5. The molecule has 0 saturated carbocycles. The van der Waals surface area contributed by atoms with E-state index in [-0.39, 0.29) is 23.6 Å². The van der Waals surface area contributed by atoms with Crippen LogP contribution in [0, 0.1) is 29.1 Å². The molecule has 1 fully saturated rings. The molecule has 0 radical (unpaired) electrons. The van der Waals surface area contributed by atoms with E-state index in [1.165, 1.54) is 30.5 Å². The van der Waals surface area contributed by atoms with Crippen molar-refractivity contribution in [1.29, 1.82) is 0 Å². The molecule has 0 aliphatic carbocycles. The first-order chi connectivity index (χ1) is 15.9. The van der Waals surface area contributed by atoms with Crippen molar-refractivity contribution in [2.75, 3.05) is 31.1 Å². The maximum Gasteiger partial charge on any atom is 0.219 e. The monoisotopic (exact) mass is 464 g/mol. The maximum atomic E-state index is 13.8. The summed E-state index contributed by atoms with van der Waals surface area (Å²) < 4.78 is 72.3. The lowest BCUT2D eigenvalue weighted by molar-refractivity contribution is 0.296. The summed E-state index contributed by atoms with van der Waals surface area (Å²) in [6.07, 6.45) is 1.24. The zero-order valence-electron chi connectivity index (χ0n) is 17.0. The topological polar surface area (TPSA) is 61.2 Å². The first kappa shape index (κ1) is 22.3. The van der Waals surface area contributed by atoms with E-state index < -0.39 is 29.0 Å². The number of benzene rings is 2. The summed E-state index contributed by atoms with van der Waals surface area (Å²) in [5.74, 6) is -8.25. The number of aromatic nitrogens is 1. The molecule has 1 aliphatic heterocycles. The molecule has 2 aromatic carbocycles. The number of hydrogen-bond donors (Lipinski definition) is 1. The molecule has 0 unspecified atom stereocenters. The van der Waals surface area contributed by atoms with Crippen LogP contribution in [0.2, 0.25) is 0 Å². The van der Waals surface area contributed by atoms with Crippen LogP contribution in [-0.4, -0.2) is 47.1 Å². The third kappa shape index (κ3) is 4.66. The van der Waals surface area contributed by atoms with Gasteiger partial charge in [0.2, 0.25) is 23.3 Å². The lowest BCUT2D eigenvalue weighted by Crippen LogP contribution is -2.49. The van der Waals surface area contributed by atoms with Crippen LogP contribution in [0.4, 0.5) is 27.6 Å². The van der Waals surface area contributed by atoms with Crippen LogP contribution >= 0.6 is 0 Å². The summed E-state index contributed by atoms with van der Waals surface area (Å²) in [6.45, 7) is 2.16. The molecule has 0 bridgehead atoms. The smallest absolute Gasteiger partial charge is 0.219 e. The van der Waals surface area contributed by atoms with Crippen molar-refractivity contribution in [1.82, 2.24) is 9.88 Å². The number of anilines is 1. The van der Waals surface area contributed by atoms with Gasteiger partial charge in [0.25, 0.3) is 0 Å². The molecule has 11 heteroatoms. The summed E-state index contributed by atoms with van der Waals surface area (Å²) in [5.41, 5.74) is 1.25. The molecule has 1 aromatic heterocycles. The summed E-state index contributed by atoms with van der Waals surface area (Å²) in [6, 6.07) is 8.86. The van der Waals surface area contributed by atoms with E-state index in [9.17, 15) is 27.2 Å². The van der Waals surface area contributed by atoms with Crippen molar-refractivity contribution < 1.29 is 31.9 Å². The number of amidine groups is 1. The van der Waals surface area contributed by atoms with E-state index >= 15 is 0 Å². The average Bonchev–Trinajstić information content (AvgIpc) is 2.83. The van der Waals surface area contributed by atoms with Gasteiger partial charge in [-0.1, -0.05) is 5.16 Å². The third-order valence-corrected chi connectivity index (χ3v) is 5.14. The van der Waals surface area contributed by atoms with E-state index in [4.69, 9.17) is 4.74 Å². The van der Waals surface area contributed by atoms with E-state index in [2.05, 4.69) is 15.0 Å². The van der Waals surface area contributed by atoms with Gasteiger partial charge in [-0.2, -0.15) is 8.78 Å². The number of nitrogens with zero attached hydrogens (tertiary/aromatic N) is 4. The van der Waals surface area contributed by atoms with Gasteiger partial charge in [-0.05, 0) is 30.3 Å². The van der Waals surface area contributed by atoms with Crippen LogP contribution < -0.4 is 9.64 Å². The largest absolute Gasteiger partial charge is 0.433 e. The Labute approximate surface area is 185 Å². The highest BCUT2D eigenvalue weighted by Gasteiger charge is 2.24. The van der Waals surface area contributed by atoms with Gasteiger partial charge >= 0.3 is 0 Å². The van der Waals surface area contributed by atoms with Crippen molar-refractivity contribution in [2.45, 2.75) is 0 Å². The minimum atomic E-state index is -1.68. The zero-order valence-corrected chi connectivity index (χ0v) is 17.0. The maximum absolute atomic E-state index is 13.8. The summed E-state index contributed by atoms with van der Waals surface area (Å²) in [5, 5.41) is 12.9. The van der Waals surface area contributed by atoms with Gasteiger partial charge in [0.05, 0.1) is 0 Å². The fraction of sp³-hybridized carbons (Fsp3) is 0.182. The van der Waals surface area contributed by atoms with Crippen LogP contribution in [0.1, 0.15) is 5.56 Å². The van der Waals surface area contributed by atoms with E-state index in [1.807, 2.05) is 0 Å². The summed E-state index contributed by atoms with van der Waals surface area (Å²) >= 11 is 0. The number of hydrogen-bond acceptors (Lipinski definition) is 5. The van der Waals surface area contributed by atoms with Gasteiger partial charge in [0.1, 0.15) is 5.82 Å². The molecule has 2 heterocycles. The molecule has 1 saturated heterocycles. The minimum absolute atomic E-state index is 0.0772. The SMILES string of the molecule is O/N=C(/c1ccc(Oc2c(F)c(F)cc(F)c2F)nc1)N1CCN(c2ccc(F)cc2)CC1. The van der Waals surface area contributed by atoms with Crippen molar-refractivity contribution in [3.05, 3.63) is 83.3 Å². The summed E-state index contributed by atoms with van der Waals surface area (Å²) in [7, 11) is 0. The van der Waals surface area contributed by atoms with E-state index in [0.717, 1.165) is 5.69 Å². The molecule has 0 spiro atoms. The first-order valence-corrected chi connectivity index (χ1v) is 9.82. The fourth-order valence-electron chi connectivity index (χ4n) is 3.45. The number of ether oxygens (including phenoxy) is 1. The molecule has 6 nitrogen and oxygen atoms in total. The van der Waals surface area contributed by atoms with Gasteiger partial charge in [-0.15, -0.1) is 0 Å². The molecular weight excluding hydrogens is 447 g/mol. The highest BCUT2D eigenvalue weighted by molar-refractivity contribution is 5.98. The molecule has 33 heavy (non-hydrogen) atoms. The van der Waals surface area contributed by atoms with Gasteiger partial charge in [0.15, 0.2) is 17.5 Å². The predicted octanol–water partition coefficient (Wildman–Crippen LogP) is 4.53. The Balaban J connectivity index is 1.45. The number of rotatable bonds is 4. The Hall–Kier alpha value is -3.89. The highest BCUT2D eigenvalue weighted by atomic mass is 19.2. The first-order valence-electron chi connectivity index (χ1n) is 9.82. The Kier molecular flexibility index (Phi) is 6.29. The highest BCUT2D eigenvalue weighted by Crippen LogP contribution is 2.30. The van der Waals surface area contributed by atoms with Crippen molar-refractivity contribution in [3.8, 4) is 11.6 Å². The van der Waals surface area contributed by atoms with Gasteiger partial charge in [-0.3, -0.25) is 0 Å². The molecule has 3 aromatic rings. The standard InChI is InChI=1S/C22H17F5N4O2/c23-14-2-4-15(5-3-14)30-7-9-31(10-8-30)22(29-32)13-1-6-18(28-12-13)33-21-19(26)16(24)11-17(25)20(21)27/h1-6,11-12,32H,7-10H2/b29-22-. The predicted molar refractivity (Wildman–Crippen MR) is 109 cm³/mol. The summed E-state index contributed by atoms with van der Waals surface area (Å²) in [4.78, 5) is 7.75. The van der Waals surface area contributed by atoms with Crippen LogP contribution in [0.5, 0.6) is 11.6 Å². The van der Waals surface area contributed by atoms with Crippen molar-refractivity contribution >= 4 is 11.5 Å². The average molecular weight is 464 g/mol. The molecule has 0 amide bonds. The van der Waals surface area contributed by atoms with Crippen LogP contribution in [0.3, 0.4) is 0 Å². The number of oxime groups is 1. The van der Waals surface area contributed by atoms with Crippen LogP contribution in [0.25, 0.3) is 0 Å². The van der Waals surface area contributed by atoms with E-state index in [0.29, 0.717) is 31.7 Å². The van der Waals surface area contributed by atoms with Crippen molar-refractivity contribution in [2.24, 2.45) is 5.16 Å². The van der Waals surface area contributed by atoms with E-state index in [1.54, 1.807) is 17.0 Å². The molecular formula is C22H17F5N4O2. The Morgan fingerprint density at radius 3 is 2.06 bits per heavy atom. The molecule has 1 aliphatic rings.